The first-order chi connectivity index (χ1) is 15.6. The van der Waals surface area contributed by atoms with Gasteiger partial charge in [0.15, 0.2) is 11.5 Å². The van der Waals surface area contributed by atoms with Gasteiger partial charge in [0.2, 0.25) is 5.91 Å². The molecule has 2 aromatic rings. The normalized spacial score (nSPS) is 19.0. The van der Waals surface area contributed by atoms with E-state index in [-0.39, 0.29) is 17.9 Å². The van der Waals surface area contributed by atoms with E-state index >= 15 is 0 Å². The molecule has 2 aliphatic rings. The monoisotopic (exact) mass is 438 g/mol. The summed E-state index contributed by atoms with van der Waals surface area (Å²) in [6, 6.07) is 11.2. The molecular formula is C25H30N2O5. The minimum absolute atomic E-state index is 0.0825. The lowest BCUT2D eigenvalue weighted by Gasteiger charge is -2.45. The lowest BCUT2D eigenvalue weighted by atomic mass is 9.75. The Morgan fingerprint density at radius 3 is 2.62 bits per heavy atom. The number of fused-ring (bicyclic) bond motifs is 4. The summed E-state index contributed by atoms with van der Waals surface area (Å²) in [7, 11) is 3.10. The summed E-state index contributed by atoms with van der Waals surface area (Å²) >= 11 is 0. The van der Waals surface area contributed by atoms with Gasteiger partial charge in [-0.2, -0.15) is 0 Å². The number of benzene rings is 2. The predicted molar refractivity (Wildman–Crippen MR) is 120 cm³/mol. The second kappa shape index (κ2) is 9.61. The highest BCUT2D eigenvalue weighted by Crippen LogP contribution is 2.48. The number of hydrogen-bond donors (Lipinski definition) is 1. The maximum Gasteiger partial charge on any atom is 0.254 e. The molecule has 0 radical (unpaired) electrons. The Morgan fingerprint density at radius 1 is 1.12 bits per heavy atom. The molecule has 2 aromatic carbocycles. The largest absolute Gasteiger partial charge is 0.493 e. The molecule has 7 nitrogen and oxygen atoms in total. The molecule has 2 amide bonds. The third kappa shape index (κ3) is 3.93. The molecule has 0 saturated carbocycles. The van der Waals surface area contributed by atoms with Gasteiger partial charge in [-0.3, -0.25) is 9.59 Å². The maximum atomic E-state index is 13.6. The van der Waals surface area contributed by atoms with Crippen LogP contribution in [0.1, 0.15) is 52.4 Å². The molecule has 1 N–H and O–H groups in total. The van der Waals surface area contributed by atoms with Crippen LogP contribution in [0.5, 0.6) is 11.5 Å². The van der Waals surface area contributed by atoms with Crippen LogP contribution in [0.3, 0.4) is 0 Å². The number of rotatable bonds is 8. The Labute approximate surface area is 188 Å². The quantitative estimate of drug-likeness (QED) is 0.641. The molecule has 0 fully saturated rings. The van der Waals surface area contributed by atoms with E-state index in [0.29, 0.717) is 48.9 Å². The molecule has 2 atom stereocenters. The van der Waals surface area contributed by atoms with Gasteiger partial charge in [0.05, 0.1) is 26.2 Å². The number of amides is 2. The van der Waals surface area contributed by atoms with Crippen molar-refractivity contribution in [3.8, 4) is 11.5 Å². The van der Waals surface area contributed by atoms with E-state index in [4.69, 9.17) is 14.2 Å². The number of ether oxygens (including phenoxy) is 3. The Balaban J connectivity index is 1.77. The Bertz CT molecular complexity index is 1010. The zero-order valence-electron chi connectivity index (χ0n) is 18.8. The third-order valence-corrected chi connectivity index (χ3v) is 6.28. The van der Waals surface area contributed by atoms with Crippen molar-refractivity contribution < 1.29 is 23.8 Å². The summed E-state index contributed by atoms with van der Waals surface area (Å²) in [4.78, 5) is 28.9. The van der Waals surface area contributed by atoms with Gasteiger partial charge < -0.3 is 24.4 Å². The smallest absolute Gasteiger partial charge is 0.254 e. The van der Waals surface area contributed by atoms with Gasteiger partial charge in [0.1, 0.15) is 0 Å². The second-order valence-corrected chi connectivity index (χ2v) is 8.01. The van der Waals surface area contributed by atoms with Crippen molar-refractivity contribution >= 4 is 11.8 Å². The van der Waals surface area contributed by atoms with Crippen molar-refractivity contribution in [1.82, 2.24) is 10.2 Å². The standard InChI is InChI=1S/C25H30N2O5/c1-4-32-13-7-11-26-24(28)22-18-14-20(30-2)21(31-3)15-19(18)25(29)27-12-10-16-8-5-6-9-17(16)23(22)27/h5-6,8-9,14-15,22-23H,4,7,10-13H2,1-3H3,(H,26,28)/t22-,23-/m0/s1. The van der Waals surface area contributed by atoms with E-state index in [9.17, 15) is 9.59 Å². The summed E-state index contributed by atoms with van der Waals surface area (Å²) in [6.45, 7) is 4.29. The van der Waals surface area contributed by atoms with Gasteiger partial charge in [-0.15, -0.1) is 0 Å². The first-order valence-corrected chi connectivity index (χ1v) is 11.1. The van der Waals surface area contributed by atoms with Gasteiger partial charge in [-0.1, -0.05) is 24.3 Å². The Hall–Kier alpha value is -3.06. The highest BCUT2D eigenvalue weighted by Gasteiger charge is 2.46. The number of nitrogens with zero attached hydrogens (tertiary/aromatic N) is 1. The summed E-state index contributed by atoms with van der Waals surface area (Å²) in [5.74, 6) is 0.253. The van der Waals surface area contributed by atoms with Crippen LogP contribution in [-0.2, 0) is 16.0 Å². The highest BCUT2D eigenvalue weighted by molar-refractivity contribution is 6.02. The zero-order chi connectivity index (χ0) is 22.7. The lowest BCUT2D eigenvalue weighted by Crippen LogP contribution is -2.50. The molecule has 7 heteroatoms. The zero-order valence-corrected chi connectivity index (χ0v) is 18.8. The maximum absolute atomic E-state index is 13.6. The minimum Gasteiger partial charge on any atom is -0.493 e. The van der Waals surface area contributed by atoms with Crippen molar-refractivity contribution in [2.24, 2.45) is 0 Å². The van der Waals surface area contributed by atoms with Crippen molar-refractivity contribution in [3.05, 3.63) is 58.7 Å². The van der Waals surface area contributed by atoms with E-state index in [1.165, 1.54) is 5.56 Å². The van der Waals surface area contributed by atoms with E-state index in [0.717, 1.165) is 18.4 Å². The van der Waals surface area contributed by atoms with Gasteiger partial charge in [-0.25, -0.2) is 0 Å². The van der Waals surface area contributed by atoms with Gasteiger partial charge in [0, 0.05) is 31.9 Å². The molecule has 2 aliphatic heterocycles. The first-order valence-electron chi connectivity index (χ1n) is 11.1. The average Bonchev–Trinajstić information content (AvgIpc) is 2.83. The third-order valence-electron chi connectivity index (χ3n) is 6.28. The van der Waals surface area contributed by atoms with Crippen LogP contribution in [0.4, 0.5) is 0 Å². The summed E-state index contributed by atoms with van der Waals surface area (Å²) in [6.07, 6.45) is 1.50. The summed E-state index contributed by atoms with van der Waals surface area (Å²) < 4.78 is 16.3. The van der Waals surface area contributed by atoms with Crippen molar-refractivity contribution in [3.63, 3.8) is 0 Å². The van der Waals surface area contributed by atoms with E-state index in [1.54, 1.807) is 26.4 Å². The predicted octanol–water partition coefficient (Wildman–Crippen LogP) is 3.08. The van der Waals surface area contributed by atoms with Crippen molar-refractivity contribution in [2.75, 3.05) is 40.5 Å². The highest BCUT2D eigenvalue weighted by atomic mass is 16.5. The molecule has 170 valence electrons. The number of hydrogen-bond acceptors (Lipinski definition) is 5. The molecule has 32 heavy (non-hydrogen) atoms. The van der Waals surface area contributed by atoms with Crippen LogP contribution < -0.4 is 14.8 Å². The number of carbonyl (C=O) groups is 2. The first kappa shape index (κ1) is 22.1. The minimum atomic E-state index is -0.545. The second-order valence-electron chi connectivity index (χ2n) is 8.01. The Morgan fingerprint density at radius 2 is 1.88 bits per heavy atom. The fraction of sp³-hybridized carbons (Fsp3) is 0.440. The Kier molecular flexibility index (Phi) is 6.65. The van der Waals surface area contributed by atoms with Crippen LogP contribution in [0.2, 0.25) is 0 Å². The molecule has 0 aliphatic carbocycles. The number of methoxy groups -OCH3 is 2. The number of carbonyl (C=O) groups excluding carboxylic acids is 2. The van der Waals surface area contributed by atoms with E-state index in [1.807, 2.05) is 30.0 Å². The fourth-order valence-electron chi connectivity index (χ4n) is 4.77. The van der Waals surface area contributed by atoms with Crippen molar-refractivity contribution in [1.29, 1.82) is 0 Å². The topological polar surface area (TPSA) is 77.1 Å². The lowest BCUT2D eigenvalue weighted by molar-refractivity contribution is -0.124. The van der Waals surface area contributed by atoms with Gasteiger partial charge in [0.25, 0.3) is 5.91 Å². The molecule has 0 aromatic heterocycles. The van der Waals surface area contributed by atoms with Gasteiger partial charge >= 0.3 is 0 Å². The molecule has 2 heterocycles. The molecule has 0 unspecified atom stereocenters. The molecule has 0 spiro atoms. The fourth-order valence-corrected chi connectivity index (χ4v) is 4.77. The average molecular weight is 439 g/mol. The molecule has 4 rings (SSSR count). The summed E-state index contributed by atoms with van der Waals surface area (Å²) in [5.41, 5.74) is 3.38. The van der Waals surface area contributed by atoms with E-state index in [2.05, 4.69) is 11.4 Å². The SMILES string of the molecule is CCOCCCNC(=O)[C@H]1c2cc(OC)c(OC)cc2C(=O)N2CCc3ccccc3[C@@H]12. The molecular weight excluding hydrogens is 408 g/mol. The van der Waals surface area contributed by atoms with Crippen LogP contribution in [-0.4, -0.2) is 57.2 Å². The van der Waals surface area contributed by atoms with Crippen LogP contribution in [0.25, 0.3) is 0 Å². The van der Waals surface area contributed by atoms with Crippen LogP contribution in [0.15, 0.2) is 36.4 Å². The number of nitrogens with one attached hydrogen (secondary N) is 1. The van der Waals surface area contributed by atoms with Gasteiger partial charge in [-0.05, 0) is 48.6 Å². The van der Waals surface area contributed by atoms with E-state index < -0.39 is 5.92 Å². The molecule has 0 bridgehead atoms. The van der Waals surface area contributed by atoms with Crippen LogP contribution in [0, 0.1) is 0 Å². The summed E-state index contributed by atoms with van der Waals surface area (Å²) in [5, 5.41) is 3.07. The van der Waals surface area contributed by atoms with Crippen molar-refractivity contribution in [2.45, 2.75) is 31.7 Å². The van der Waals surface area contributed by atoms with Crippen LogP contribution >= 0.6 is 0 Å². The molecule has 0 saturated heterocycles.